The molecular formula is C38H37ClF3NO3Si. The summed E-state index contributed by atoms with van der Waals surface area (Å²) in [5.41, 5.74) is 0.249. The molecular weight excluding hydrogens is 639 g/mol. The zero-order chi connectivity index (χ0) is 34.0. The van der Waals surface area contributed by atoms with Gasteiger partial charge in [0.2, 0.25) is 0 Å². The Morgan fingerprint density at radius 2 is 1.51 bits per heavy atom. The van der Waals surface area contributed by atoms with Gasteiger partial charge in [-0.1, -0.05) is 106 Å². The molecule has 0 atom stereocenters. The van der Waals surface area contributed by atoms with Crippen molar-refractivity contribution in [1.29, 1.82) is 0 Å². The van der Waals surface area contributed by atoms with E-state index in [9.17, 15) is 18.0 Å². The van der Waals surface area contributed by atoms with Crippen LogP contribution < -0.4 is 20.7 Å². The number of hydrogen-bond acceptors (Lipinski definition) is 3. The molecule has 0 spiro atoms. The Labute approximate surface area is 279 Å². The number of aromatic nitrogens is 1. The van der Waals surface area contributed by atoms with Gasteiger partial charge in [-0.25, -0.2) is 0 Å². The van der Waals surface area contributed by atoms with Crippen molar-refractivity contribution in [1.82, 2.24) is 4.57 Å². The van der Waals surface area contributed by atoms with Crippen LogP contribution in [0.2, 0.25) is 10.1 Å². The first-order valence-electron chi connectivity index (χ1n) is 15.3. The topological polar surface area (TPSA) is 40.5 Å². The number of fused-ring (bicyclic) bond motifs is 1. The Morgan fingerprint density at radius 1 is 0.894 bits per heavy atom. The number of alkyl halides is 3. The highest BCUT2D eigenvalue weighted by Crippen LogP contribution is 2.41. The standard InChI is InChI=1S/C38H37ClF3NO3Si/c1-6-22-45-34-20-18-27(39)25-32(34)35-30(36(44)43(5)33-19-17-26(24-31(33)35)38(40,41)42)21-23-46-47(37(2,3)4,28-13-9-7-10-14-28)29-15-11-8-12-16-29/h6-20,24-25H,1,21-23H2,2-5H3. The molecule has 4 nitrogen and oxygen atoms in total. The molecule has 1 heterocycles. The average Bonchev–Trinajstić information content (AvgIpc) is 3.04. The summed E-state index contributed by atoms with van der Waals surface area (Å²) in [6, 6.07) is 28.6. The fourth-order valence-corrected chi connectivity index (χ4v) is 11.1. The van der Waals surface area contributed by atoms with Crippen molar-refractivity contribution in [3.63, 3.8) is 0 Å². The van der Waals surface area contributed by atoms with E-state index >= 15 is 0 Å². The number of aryl methyl sites for hydroxylation is 1. The van der Waals surface area contributed by atoms with Crippen LogP contribution >= 0.6 is 11.6 Å². The lowest BCUT2D eigenvalue weighted by atomic mass is 9.92. The molecule has 0 saturated carbocycles. The minimum absolute atomic E-state index is 0.131. The average molecular weight is 676 g/mol. The highest BCUT2D eigenvalue weighted by Gasteiger charge is 2.50. The maximum Gasteiger partial charge on any atom is 0.416 e. The molecule has 0 saturated heterocycles. The second kappa shape index (κ2) is 13.6. The second-order valence-corrected chi connectivity index (χ2v) is 17.2. The van der Waals surface area contributed by atoms with Crippen LogP contribution in [0.1, 0.15) is 31.9 Å². The Kier molecular flexibility index (Phi) is 9.87. The van der Waals surface area contributed by atoms with Crippen molar-refractivity contribution >= 4 is 41.2 Å². The number of nitrogens with zero attached hydrogens (tertiary/aromatic N) is 1. The molecule has 0 aliphatic heterocycles. The van der Waals surface area contributed by atoms with Crippen molar-refractivity contribution in [2.75, 3.05) is 13.2 Å². The number of rotatable bonds is 10. The molecule has 9 heteroatoms. The van der Waals surface area contributed by atoms with E-state index in [1.165, 1.54) is 10.6 Å². The Hall–Kier alpha value is -4.11. The van der Waals surface area contributed by atoms with Crippen molar-refractivity contribution in [3.05, 3.63) is 136 Å². The number of benzene rings is 4. The minimum Gasteiger partial charge on any atom is -0.489 e. The van der Waals surface area contributed by atoms with Crippen LogP contribution in [0.3, 0.4) is 0 Å². The van der Waals surface area contributed by atoms with Crippen LogP contribution in [0.5, 0.6) is 5.75 Å². The molecule has 0 unspecified atom stereocenters. The minimum atomic E-state index is -4.59. The van der Waals surface area contributed by atoms with Gasteiger partial charge < -0.3 is 13.7 Å². The summed E-state index contributed by atoms with van der Waals surface area (Å²) in [5.74, 6) is 0.371. The largest absolute Gasteiger partial charge is 0.489 e. The van der Waals surface area contributed by atoms with Crippen LogP contribution in [0.25, 0.3) is 22.0 Å². The highest BCUT2D eigenvalue weighted by atomic mass is 35.5. The molecule has 0 amide bonds. The molecule has 5 rings (SSSR count). The maximum absolute atomic E-state index is 14.2. The summed E-state index contributed by atoms with van der Waals surface area (Å²) >= 11 is 6.47. The molecule has 0 aliphatic carbocycles. The summed E-state index contributed by atoms with van der Waals surface area (Å²) in [7, 11) is -1.40. The quantitative estimate of drug-likeness (QED) is 0.110. The van der Waals surface area contributed by atoms with Gasteiger partial charge in [-0.15, -0.1) is 0 Å². The van der Waals surface area contributed by atoms with E-state index in [2.05, 4.69) is 51.6 Å². The van der Waals surface area contributed by atoms with Gasteiger partial charge >= 0.3 is 6.18 Å². The Bertz CT molecular complexity index is 1910. The maximum atomic E-state index is 14.2. The first-order valence-corrected chi connectivity index (χ1v) is 17.6. The molecule has 0 aliphatic rings. The third-order valence-corrected chi connectivity index (χ3v) is 13.8. The van der Waals surface area contributed by atoms with Crippen molar-refractivity contribution in [3.8, 4) is 16.9 Å². The number of ether oxygens (including phenoxy) is 1. The predicted octanol–water partition coefficient (Wildman–Crippen LogP) is 8.56. The van der Waals surface area contributed by atoms with E-state index in [1.807, 2.05) is 36.4 Å². The number of pyridine rings is 1. The van der Waals surface area contributed by atoms with Crippen molar-refractivity contribution < 1.29 is 22.3 Å². The third kappa shape index (κ3) is 6.68. The van der Waals surface area contributed by atoms with Gasteiger partial charge in [0, 0.05) is 47.2 Å². The molecule has 1 aromatic heterocycles. The summed E-state index contributed by atoms with van der Waals surface area (Å²) in [5, 5.41) is 2.45. The Balaban J connectivity index is 1.74. The van der Waals surface area contributed by atoms with Crippen molar-refractivity contribution in [2.24, 2.45) is 7.05 Å². The number of hydrogen-bond donors (Lipinski definition) is 0. The fourth-order valence-electron chi connectivity index (χ4n) is 6.37. The van der Waals surface area contributed by atoms with E-state index in [0.29, 0.717) is 33.0 Å². The smallest absolute Gasteiger partial charge is 0.416 e. The lowest BCUT2D eigenvalue weighted by Crippen LogP contribution is -2.66. The van der Waals surface area contributed by atoms with E-state index < -0.39 is 20.1 Å². The van der Waals surface area contributed by atoms with E-state index in [1.54, 1.807) is 31.3 Å². The van der Waals surface area contributed by atoms with Crippen LogP contribution in [0, 0.1) is 0 Å². The fraction of sp³-hybridized carbons (Fsp3) is 0.237. The highest BCUT2D eigenvalue weighted by molar-refractivity contribution is 6.99. The molecule has 47 heavy (non-hydrogen) atoms. The van der Waals surface area contributed by atoms with E-state index in [-0.39, 0.29) is 35.6 Å². The summed E-state index contributed by atoms with van der Waals surface area (Å²) in [4.78, 5) is 14.2. The van der Waals surface area contributed by atoms with Gasteiger partial charge in [0.15, 0.2) is 0 Å². The van der Waals surface area contributed by atoms with E-state index in [0.717, 1.165) is 22.5 Å². The summed E-state index contributed by atoms with van der Waals surface area (Å²) < 4.78 is 56.7. The molecule has 0 bridgehead atoms. The first kappa shape index (κ1) is 34.2. The lowest BCUT2D eigenvalue weighted by Gasteiger charge is -2.43. The first-order chi connectivity index (χ1) is 22.3. The molecule has 5 aromatic rings. The van der Waals surface area contributed by atoms with Gasteiger partial charge in [0.05, 0.1) is 11.1 Å². The van der Waals surface area contributed by atoms with Crippen LogP contribution in [-0.2, 0) is 24.1 Å². The van der Waals surface area contributed by atoms with Gasteiger partial charge in [0.25, 0.3) is 13.9 Å². The molecule has 0 fully saturated rings. The van der Waals surface area contributed by atoms with Crippen LogP contribution in [-0.4, -0.2) is 26.1 Å². The monoisotopic (exact) mass is 675 g/mol. The lowest BCUT2D eigenvalue weighted by molar-refractivity contribution is -0.137. The molecule has 0 N–H and O–H groups in total. The van der Waals surface area contributed by atoms with Gasteiger partial charge in [0.1, 0.15) is 12.4 Å². The summed E-state index contributed by atoms with van der Waals surface area (Å²) in [6.45, 7) is 10.5. The third-order valence-electron chi connectivity index (χ3n) is 8.47. The Morgan fingerprint density at radius 3 is 2.06 bits per heavy atom. The van der Waals surface area contributed by atoms with Crippen LogP contribution in [0.4, 0.5) is 13.2 Å². The van der Waals surface area contributed by atoms with Gasteiger partial charge in [-0.2, -0.15) is 13.2 Å². The number of halogens is 4. The second-order valence-electron chi connectivity index (χ2n) is 12.4. The van der Waals surface area contributed by atoms with Gasteiger partial charge in [-0.05, 0) is 51.8 Å². The zero-order valence-corrected chi connectivity index (χ0v) is 28.6. The molecule has 4 aromatic carbocycles. The van der Waals surface area contributed by atoms with Crippen LogP contribution in [0.15, 0.2) is 115 Å². The SMILES string of the molecule is C=CCOc1ccc(Cl)cc1-c1c(CCO[Si](c2ccccc2)(c2ccccc2)C(C)(C)C)c(=O)n(C)c2ccc(C(F)(F)F)cc12. The molecule has 244 valence electrons. The normalized spacial score (nSPS) is 12.3. The summed E-state index contributed by atoms with van der Waals surface area (Å²) in [6.07, 6.45) is -2.89. The molecule has 0 radical (unpaired) electrons. The zero-order valence-electron chi connectivity index (χ0n) is 26.8. The predicted molar refractivity (Wildman–Crippen MR) is 188 cm³/mol. The van der Waals surface area contributed by atoms with Crippen molar-refractivity contribution in [2.45, 2.75) is 38.4 Å². The van der Waals surface area contributed by atoms with E-state index in [4.69, 9.17) is 20.8 Å². The van der Waals surface area contributed by atoms with Gasteiger partial charge in [-0.3, -0.25) is 4.79 Å².